The van der Waals surface area contributed by atoms with Crippen LogP contribution in [0.2, 0.25) is 0 Å². The molecule has 0 aliphatic carbocycles. The molecule has 0 aromatic carbocycles. The van der Waals surface area contributed by atoms with Crippen molar-refractivity contribution in [3.8, 4) is 23.0 Å². The fourth-order valence-corrected chi connectivity index (χ4v) is 2.30. The predicted octanol–water partition coefficient (Wildman–Crippen LogP) is 1.15. The highest BCUT2D eigenvalue weighted by Gasteiger charge is 2.23. The van der Waals surface area contributed by atoms with Crippen LogP contribution in [-0.4, -0.2) is 27.6 Å². The zero-order valence-electron chi connectivity index (χ0n) is 10.8. The summed E-state index contributed by atoms with van der Waals surface area (Å²) >= 11 is 0. The van der Waals surface area contributed by atoms with E-state index in [-0.39, 0.29) is 11.3 Å². The summed E-state index contributed by atoms with van der Waals surface area (Å²) in [6, 6.07) is 4.89. The minimum absolute atomic E-state index is 0.101. The van der Waals surface area contributed by atoms with E-state index in [0.717, 1.165) is 16.8 Å². The van der Waals surface area contributed by atoms with Crippen LogP contribution in [0.3, 0.4) is 0 Å². The molecular formula is C14H8BFN4O. The number of pyridine rings is 2. The third-order valence-corrected chi connectivity index (χ3v) is 3.24. The lowest BCUT2D eigenvalue weighted by Gasteiger charge is -2.14. The van der Waals surface area contributed by atoms with Gasteiger partial charge in [-0.15, -0.1) is 0 Å². The first-order valence-corrected chi connectivity index (χ1v) is 6.30. The molecule has 0 spiro atoms. The molecule has 1 aliphatic heterocycles. The van der Waals surface area contributed by atoms with E-state index in [0.29, 0.717) is 12.5 Å². The normalized spacial score (nSPS) is 12.4. The third kappa shape index (κ3) is 1.89. The monoisotopic (exact) mass is 278 g/mol. The molecule has 4 heterocycles. The largest absolute Gasteiger partial charge is 0.472 e. The molecule has 1 aliphatic rings. The quantitative estimate of drug-likeness (QED) is 0.627. The van der Waals surface area contributed by atoms with Crippen LogP contribution in [-0.2, 0) is 6.61 Å². The second-order valence-electron chi connectivity index (χ2n) is 4.67. The topological polar surface area (TPSA) is 52.8 Å². The fourth-order valence-electron chi connectivity index (χ4n) is 2.30. The lowest BCUT2D eigenvalue weighted by atomic mass is 9.99. The predicted molar refractivity (Wildman–Crippen MR) is 74.3 cm³/mol. The van der Waals surface area contributed by atoms with Gasteiger partial charge in [-0.1, -0.05) is 5.46 Å². The average Bonchev–Trinajstić information content (AvgIpc) is 2.91. The van der Waals surface area contributed by atoms with Gasteiger partial charge in [0, 0.05) is 24.2 Å². The molecule has 0 saturated carbocycles. The van der Waals surface area contributed by atoms with E-state index in [4.69, 9.17) is 12.6 Å². The van der Waals surface area contributed by atoms with Gasteiger partial charge in [-0.25, -0.2) is 19.0 Å². The number of nitrogens with zero attached hydrogens (tertiary/aromatic N) is 4. The summed E-state index contributed by atoms with van der Waals surface area (Å²) in [5, 5.41) is 4.41. The van der Waals surface area contributed by atoms with Crippen molar-refractivity contribution >= 4 is 13.3 Å². The minimum atomic E-state index is -0.526. The number of fused-ring (bicyclic) bond motifs is 3. The molecule has 0 N–H and O–H groups in total. The second kappa shape index (κ2) is 4.41. The van der Waals surface area contributed by atoms with Crippen molar-refractivity contribution in [1.29, 1.82) is 0 Å². The maximum atomic E-state index is 13.9. The van der Waals surface area contributed by atoms with Crippen molar-refractivity contribution in [2.45, 2.75) is 6.61 Å². The zero-order chi connectivity index (χ0) is 14.4. The molecule has 0 unspecified atom stereocenters. The Bertz CT molecular complexity index is 849. The molecule has 100 valence electrons. The van der Waals surface area contributed by atoms with Gasteiger partial charge >= 0.3 is 0 Å². The minimum Gasteiger partial charge on any atom is -0.472 e. The van der Waals surface area contributed by atoms with Crippen molar-refractivity contribution in [2.75, 3.05) is 0 Å². The Kier molecular flexibility index (Phi) is 2.54. The van der Waals surface area contributed by atoms with Crippen LogP contribution in [0.1, 0.15) is 5.56 Å². The van der Waals surface area contributed by atoms with Gasteiger partial charge in [0.2, 0.25) is 5.88 Å². The highest BCUT2D eigenvalue weighted by molar-refractivity contribution is 6.32. The molecule has 0 fully saturated rings. The van der Waals surface area contributed by atoms with Crippen LogP contribution in [0, 0.1) is 5.82 Å². The molecule has 0 saturated heterocycles. The summed E-state index contributed by atoms with van der Waals surface area (Å²) in [7, 11) is 5.51. The Morgan fingerprint density at radius 3 is 3.10 bits per heavy atom. The molecule has 0 bridgehead atoms. The molecule has 3 aromatic heterocycles. The van der Waals surface area contributed by atoms with Crippen LogP contribution in [0.4, 0.5) is 4.39 Å². The Labute approximate surface area is 120 Å². The van der Waals surface area contributed by atoms with E-state index in [2.05, 4.69) is 15.1 Å². The SMILES string of the molecule is [B]c1cnc(-n2cc3c(n2)-c2cccnc2OC3)c(F)c1. The number of hydrogen-bond acceptors (Lipinski definition) is 4. The number of halogens is 1. The number of rotatable bonds is 1. The first-order chi connectivity index (χ1) is 10.2. The maximum absolute atomic E-state index is 13.9. The number of aromatic nitrogens is 4. The molecule has 4 rings (SSSR count). The average molecular weight is 278 g/mol. The van der Waals surface area contributed by atoms with E-state index in [1.165, 1.54) is 16.9 Å². The summed E-state index contributed by atoms with van der Waals surface area (Å²) in [4.78, 5) is 8.14. The van der Waals surface area contributed by atoms with Gasteiger partial charge in [0.1, 0.15) is 20.1 Å². The van der Waals surface area contributed by atoms with Crippen molar-refractivity contribution in [2.24, 2.45) is 0 Å². The number of ether oxygens (including phenoxy) is 1. The Morgan fingerprint density at radius 2 is 2.24 bits per heavy atom. The van der Waals surface area contributed by atoms with E-state index in [1.807, 2.05) is 6.07 Å². The van der Waals surface area contributed by atoms with E-state index in [9.17, 15) is 4.39 Å². The standard InChI is InChI=1S/C14H8BFN4O/c15-9-4-11(16)13(18-5-9)20-6-8-7-21-14-10(12(8)19-20)2-1-3-17-14/h1-6H,7H2. The highest BCUT2D eigenvalue weighted by Crippen LogP contribution is 2.34. The van der Waals surface area contributed by atoms with E-state index in [1.54, 1.807) is 18.5 Å². The zero-order valence-corrected chi connectivity index (χ0v) is 10.8. The van der Waals surface area contributed by atoms with Crippen LogP contribution in [0.5, 0.6) is 5.88 Å². The Hall–Kier alpha value is -2.70. The summed E-state index contributed by atoms with van der Waals surface area (Å²) in [6.07, 6.45) is 4.75. The molecule has 21 heavy (non-hydrogen) atoms. The Morgan fingerprint density at radius 1 is 1.33 bits per heavy atom. The molecular weight excluding hydrogens is 270 g/mol. The molecule has 2 radical (unpaired) electrons. The van der Waals surface area contributed by atoms with Crippen molar-refractivity contribution < 1.29 is 9.13 Å². The van der Waals surface area contributed by atoms with Crippen LogP contribution >= 0.6 is 0 Å². The van der Waals surface area contributed by atoms with E-state index < -0.39 is 5.82 Å². The third-order valence-electron chi connectivity index (χ3n) is 3.24. The van der Waals surface area contributed by atoms with Crippen LogP contribution in [0.25, 0.3) is 17.1 Å². The van der Waals surface area contributed by atoms with Gasteiger partial charge < -0.3 is 4.74 Å². The molecule has 7 heteroatoms. The Balaban J connectivity index is 1.87. The van der Waals surface area contributed by atoms with Crippen molar-refractivity contribution in [3.05, 3.63) is 48.2 Å². The molecule has 0 atom stereocenters. The molecule has 5 nitrogen and oxygen atoms in total. The van der Waals surface area contributed by atoms with Crippen LogP contribution in [0.15, 0.2) is 36.8 Å². The fraction of sp³-hybridized carbons (Fsp3) is 0.0714. The lowest BCUT2D eigenvalue weighted by Crippen LogP contribution is -2.10. The second-order valence-corrected chi connectivity index (χ2v) is 4.67. The van der Waals surface area contributed by atoms with Gasteiger partial charge in [-0.2, -0.15) is 5.10 Å². The number of hydrogen-bond donors (Lipinski definition) is 0. The summed E-state index contributed by atoms with van der Waals surface area (Å²) < 4.78 is 20.9. The maximum Gasteiger partial charge on any atom is 0.223 e. The van der Waals surface area contributed by atoms with Crippen LogP contribution < -0.4 is 10.2 Å². The van der Waals surface area contributed by atoms with Gasteiger partial charge in [-0.05, 0) is 18.2 Å². The smallest absolute Gasteiger partial charge is 0.223 e. The highest BCUT2D eigenvalue weighted by atomic mass is 19.1. The van der Waals surface area contributed by atoms with E-state index >= 15 is 0 Å². The van der Waals surface area contributed by atoms with Gasteiger partial charge in [-0.3, -0.25) is 0 Å². The summed E-state index contributed by atoms with van der Waals surface area (Å²) in [5.41, 5.74) is 2.63. The first kappa shape index (κ1) is 12.1. The summed E-state index contributed by atoms with van der Waals surface area (Å²) in [5.74, 6) is 0.104. The van der Waals surface area contributed by atoms with Gasteiger partial charge in [0.15, 0.2) is 11.6 Å². The van der Waals surface area contributed by atoms with Crippen molar-refractivity contribution in [3.63, 3.8) is 0 Å². The van der Waals surface area contributed by atoms with Gasteiger partial charge in [0.25, 0.3) is 0 Å². The van der Waals surface area contributed by atoms with Crippen molar-refractivity contribution in [1.82, 2.24) is 19.7 Å². The summed E-state index contributed by atoms with van der Waals surface area (Å²) in [6.45, 7) is 0.343. The molecule has 0 amide bonds. The first-order valence-electron chi connectivity index (χ1n) is 6.30. The molecule has 3 aromatic rings. The van der Waals surface area contributed by atoms with Gasteiger partial charge in [0.05, 0.1) is 5.56 Å². The lowest BCUT2D eigenvalue weighted by molar-refractivity contribution is 0.290.